The fraction of sp³-hybridized carbons (Fsp3) is 0.133. The van der Waals surface area contributed by atoms with Crippen molar-refractivity contribution < 1.29 is 9.18 Å². The van der Waals surface area contributed by atoms with Crippen LogP contribution in [0.1, 0.15) is 15.9 Å². The van der Waals surface area contributed by atoms with Crippen molar-refractivity contribution in [3.05, 3.63) is 59.4 Å². The molecule has 0 fully saturated rings. The van der Waals surface area contributed by atoms with Crippen molar-refractivity contribution in [1.29, 1.82) is 0 Å². The Hall–Kier alpha value is -2.16. The molecule has 0 N–H and O–H groups in total. The van der Waals surface area contributed by atoms with Crippen molar-refractivity contribution in [3.8, 4) is 0 Å². The molecule has 0 bridgehead atoms. The summed E-state index contributed by atoms with van der Waals surface area (Å²) in [7, 11) is 1.84. The fourth-order valence-corrected chi connectivity index (χ4v) is 1.78. The minimum absolute atomic E-state index is 0.337. The van der Waals surface area contributed by atoms with Crippen molar-refractivity contribution in [2.45, 2.75) is 6.92 Å². The summed E-state index contributed by atoms with van der Waals surface area (Å²) >= 11 is 0. The summed E-state index contributed by atoms with van der Waals surface area (Å²) in [5.74, 6) is -0.409. The average molecular weight is 243 g/mol. The number of aldehydes is 1. The lowest BCUT2D eigenvalue weighted by molar-refractivity contribution is 0.112. The normalized spacial score (nSPS) is 10.2. The van der Waals surface area contributed by atoms with Crippen LogP contribution in [0.2, 0.25) is 0 Å². The maximum atomic E-state index is 13.4. The van der Waals surface area contributed by atoms with Gasteiger partial charge in [-0.2, -0.15) is 0 Å². The zero-order chi connectivity index (χ0) is 13.1. The average Bonchev–Trinajstić information content (AvgIpc) is 2.38. The molecule has 3 heteroatoms. The number of nitrogens with zero attached hydrogens (tertiary/aromatic N) is 1. The number of hydrogen-bond donors (Lipinski definition) is 0. The number of aryl methyl sites for hydroxylation is 1. The molecule has 0 saturated carbocycles. The zero-order valence-corrected chi connectivity index (χ0v) is 10.4. The Kier molecular flexibility index (Phi) is 3.42. The van der Waals surface area contributed by atoms with Crippen molar-refractivity contribution >= 4 is 17.7 Å². The Morgan fingerprint density at radius 1 is 1.06 bits per heavy atom. The molecule has 0 saturated heterocycles. The molecule has 0 aromatic heterocycles. The Balaban J connectivity index is 2.38. The second-order valence-corrected chi connectivity index (χ2v) is 4.26. The number of hydrogen-bond acceptors (Lipinski definition) is 2. The minimum atomic E-state index is -0.409. The molecule has 2 aromatic rings. The summed E-state index contributed by atoms with van der Waals surface area (Å²) in [5.41, 5.74) is 3.10. The van der Waals surface area contributed by atoms with Crippen LogP contribution in [0.25, 0.3) is 0 Å². The molecule has 0 unspecified atom stereocenters. The molecule has 18 heavy (non-hydrogen) atoms. The second kappa shape index (κ2) is 5.00. The molecule has 0 aliphatic carbocycles. The van der Waals surface area contributed by atoms with Crippen LogP contribution in [-0.2, 0) is 0 Å². The summed E-state index contributed by atoms with van der Waals surface area (Å²) in [4.78, 5) is 12.6. The molecule has 2 rings (SSSR count). The Bertz CT molecular complexity index is 563. The molecule has 0 aliphatic heterocycles. The van der Waals surface area contributed by atoms with Gasteiger partial charge in [0.2, 0.25) is 0 Å². The number of carbonyl (C=O) groups excluding carboxylic acids is 1. The molecule has 0 atom stereocenters. The van der Waals surface area contributed by atoms with E-state index < -0.39 is 5.82 Å². The monoisotopic (exact) mass is 243 g/mol. The quantitative estimate of drug-likeness (QED) is 0.766. The van der Waals surface area contributed by atoms with Gasteiger partial charge in [0.25, 0.3) is 0 Å². The van der Waals surface area contributed by atoms with Gasteiger partial charge in [0.1, 0.15) is 12.1 Å². The highest BCUT2D eigenvalue weighted by molar-refractivity contribution is 5.78. The van der Waals surface area contributed by atoms with E-state index in [1.165, 1.54) is 17.7 Å². The number of halogens is 1. The molecule has 2 nitrogen and oxygen atoms in total. The highest BCUT2D eigenvalue weighted by atomic mass is 19.1. The first-order chi connectivity index (χ1) is 8.60. The van der Waals surface area contributed by atoms with Gasteiger partial charge in [-0.05, 0) is 37.3 Å². The van der Waals surface area contributed by atoms with Gasteiger partial charge >= 0.3 is 0 Å². The number of carbonyl (C=O) groups is 1. The summed E-state index contributed by atoms with van der Waals surface area (Å²) < 4.78 is 13.4. The molecule has 0 radical (unpaired) electrons. The Labute approximate surface area is 106 Å². The molecule has 2 aromatic carbocycles. The van der Waals surface area contributed by atoms with E-state index in [1.807, 2.05) is 43.1 Å². The highest BCUT2D eigenvalue weighted by Crippen LogP contribution is 2.25. The van der Waals surface area contributed by atoms with E-state index in [1.54, 1.807) is 6.07 Å². The van der Waals surface area contributed by atoms with Gasteiger partial charge in [0.15, 0.2) is 0 Å². The van der Waals surface area contributed by atoms with Gasteiger partial charge in [-0.1, -0.05) is 17.7 Å². The van der Waals surface area contributed by atoms with Crippen LogP contribution < -0.4 is 4.90 Å². The third kappa shape index (κ3) is 2.56. The molecular weight excluding hydrogens is 229 g/mol. The minimum Gasteiger partial charge on any atom is -0.345 e. The predicted molar refractivity (Wildman–Crippen MR) is 71.0 cm³/mol. The van der Waals surface area contributed by atoms with Gasteiger partial charge < -0.3 is 4.90 Å². The van der Waals surface area contributed by atoms with E-state index in [2.05, 4.69) is 0 Å². The van der Waals surface area contributed by atoms with Gasteiger partial charge in [-0.15, -0.1) is 0 Å². The summed E-state index contributed by atoms with van der Waals surface area (Å²) in [5, 5.41) is 0. The number of rotatable bonds is 3. The Morgan fingerprint density at radius 2 is 1.72 bits per heavy atom. The lowest BCUT2D eigenvalue weighted by atomic mass is 10.1. The molecule has 0 heterocycles. The lowest BCUT2D eigenvalue weighted by Gasteiger charge is -2.20. The topological polar surface area (TPSA) is 20.3 Å². The summed E-state index contributed by atoms with van der Waals surface area (Å²) in [6.45, 7) is 2.01. The van der Waals surface area contributed by atoms with Gasteiger partial charge in [0.05, 0.1) is 0 Å². The van der Waals surface area contributed by atoms with Crippen LogP contribution >= 0.6 is 0 Å². The Morgan fingerprint density at radius 3 is 2.33 bits per heavy atom. The van der Waals surface area contributed by atoms with Gasteiger partial charge in [-0.25, -0.2) is 4.39 Å². The SMILES string of the molecule is Cc1ccc(N(C)c2cc(F)cc(C=O)c2)cc1. The summed E-state index contributed by atoms with van der Waals surface area (Å²) in [6, 6.07) is 12.2. The molecule has 0 amide bonds. The standard InChI is InChI=1S/C15H14FNO/c1-11-3-5-14(6-4-11)17(2)15-8-12(10-18)7-13(16)9-15/h3-10H,1-2H3. The number of benzene rings is 2. The van der Waals surface area contributed by atoms with E-state index in [9.17, 15) is 9.18 Å². The maximum absolute atomic E-state index is 13.4. The van der Waals surface area contributed by atoms with Crippen molar-refractivity contribution in [2.24, 2.45) is 0 Å². The van der Waals surface area contributed by atoms with E-state index >= 15 is 0 Å². The predicted octanol–water partition coefficient (Wildman–Crippen LogP) is 3.71. The lowest BCUT2D eigenvalue weighted by Crippen LogP contribution is -2.10. The van der Waals surface area contributed by atoms with Gasteiger partial charge in [0, 0.05) is 24.0 Å². The van der Waals surface area contributed by atoms with E-state index in [-0.39, 0.29) is 0 Å². The van der Waals surface area contributed by atoms with Crippen LogP contribution in [0.3, 0.4) is 0 Å². The van der Waals surface area contributed by atoms with E-state index in [0.29, 0.717) is 17.5 Å². The molecule has 0 spiro atoms. The third-order valence-electron chi connectivity index (χ3n) is 2.85. The van der Waals surface area contributed by atoms with Crippen LogP contribution in [-0.4, -0.2) is 13.3 Å². The van der Waals surface area contributed by atoms with Crippen LogP contribution in [0.4, 0.5) is 15.8 Å². The van der Waals surface area contributed by atoms with Crippen molar-refractivity contribution in [1.82, 2.24) is 0 Å². The first-order valence-corrected chi connectivity index (χ1v) is 5.66. The van der Waals surface area contributed by atoms with Crippen LogP contribution in [0.5, 0.6) is 0 Å². The van der Waals surface area contributed by atoms with Crippen molar-refractivity contribution in [2.75, 3.05) is 11.9 Å². The summed E-state index contributed by atoms with van der Waals surface area (Å²) in [6.07, 6.45) is 0.648. The first-order valence-electron chi connectivity index (χ1n) is 5.66. The van der Waals surface area contributed by atoms with E-state index in [0.717, 1.165) is 5.69 Å². The fourth-order valence-electron chi connectivity index (χ4n) is 1.78. The molecule has 0 aliphatic rings. The van der Waals surface area contributed by atoms with E-state index in [4.69, 9.17) is 0 Å². The third-order valence-corrected chi connectivity index (χ3v) is 2.85. The maximum Gasteiger partial charge on any atom is 0.150 e. The first kappa shape index (κ1) is 12.3. The largest absolute Gasteiger partial charge is 0.345 e. The second-order valence-electron chi connectivity index (χ2n) is 4.26. The smallest absolute Gasteiger partial charge is 0.150 e. The molecule has 92 valence electrons. The van der Waals surface area contributed by atoms with Gasteiger partial charge in [-0.3, -0.25) is 4.79 Å². The zero-order valence-electron chi connectivity index (χ0n) is 10.4. The van der Waals surface area contributed by atoms with Crippen LogP contribution in [0, 0.1) is 12.7 Å². The number of anilines is 2. The van der Waals surface area contributed by atoms with Crippen LogP contribution in [0.15, 0.2) is 42.5 Å². The van der Waals surface area contributed by atoms with Crippen molar-refractivity contribution in [3.63, 3.8) is 0 Å². The molecular formula is C15H14FNO. The highest BCUT2D eigenvalue weighted by Gasteiger charge is 2.07.